The van der Waals surface area contributed by atoms with Gasteiger partial charge in [0.2, 0.25) is 5.88 Å². The van der Waals surface area contributed by atoms with Crippen LogP contribution in [0.5, 0.6) is 5.88 Å². The van der Waals surface area contributed by atoms with E-state index in [4.69, 9.17) is 16.3 Å². The molecule has 0 unspecified atom stereocenters. The summed E-state index contributed by atoms with van der Waals surface area (Å²) in [4.78, 5) is 37.0. The lowest BCUT2D eigenvalue weighted by Gasteiger charge is -2.21. The summed E-state index contributed by atoms with van der Waals surface area (Å²) in [6.45, 7) is -0.615. The van der Waals surface area contributed by atoms with Crippen LogP contribution in [0.1, 0.15) is 12.0 Å². The van der Waals surface area contributed by atoms with Crippen LogP contribution >= 0.6 is 11.6 Å². The average Bonchev–Trinajstić information content (AvgIpc) is 3.25. The number of hydrogen-bond acceptors (Lipinski definition) is 7. The van der Waals surface area contributed by atoms with Crippen molar-refractivity contribution in [2.75, 3.05) is 25.1 Å². The van der Waals surface area contributed by atoms with Crippen LogP contribution in [0.2, 0.25) is 5.02 Å². The third kappa shape index (κ3) is 4.17. The van der Waals surface area contributed by atoms with Crippen LogP contribution in [0, 0.1) is 17.1 Å². The highest BCUT2D eigenvalue weighted by atomic mass is 35.5. The zero-order valence-corrected chi connectivity index (χ0v) is 19.8. The first-order chi connectivity index (χ1) is 17.6. The van der Waals surface area contributed by atoms with Crippen LogP contribution < -0.4 is 20.9 Å². The predicted molar refractivity (Wildman–Crippen MR) is 129 cm³/mol. The summed E-state index contributed by atoms with van der Waals surface area (Å²) in [6, 6.07) is 8.02. The third-order valence-electron chi connectivity index (χ3n) is 5.95. The van der Waals surface area contributed by atoms with E-state index in [0.717, 1.165) is 15.2 Å². The number of fused-ring (bicyclic) bond motifs is 1. The molecule has 0 saturated carbocycles. The van der Waals surface area contributed by atoms with Gasteiger partial charge in [-0.05, 0) is 24.3 Å². The molecule has 188 valence electrons. The number of nitrogens with zero attached hydrogens (tertiary/aromatic N) is 6. The smallest absolute Gasteiger partial charge is 0.340 e. The molecule has 0 radical (unpaired) electrons. The lowest BCUT2D eigenvalue weighted by Crippen LogP contribution is -2.39. The summed E-state index contributed by atoms with van der Waals surface area (Å²) in [7, 11) is 1.25. The number of rotatable bonds is 4. The number of methoxy groups -OCH3 is 1. The highest BCUT2D eigenvalue weighted by Gasteiger charge is 2.39. The van der Waals surface area contributed by atoms with E-state index in [1.807, 2.05) is 6.07 Å². The molecule has 1 aliphatic heterocycles. The summed E-state index contributed by atoms with van der Waals surface area (Å²) >= 11 is 5.99. The second-order valence-electron chi connectivity index (χ2n) is 8.31. The van der Waals surface area contributed by atoms with Gasteiger partial charge in [-0.1, -0.05) is 11.6 Å². The molecule has 0 amide bonds. The van der Waals surface area contributed by atoms with Crippen molar-refractivity contribution >= 4 is 28.3 Å². The molecule has 0 atom stereocenters. The van der Waals surface area contributed by atoms with Crippen LogP contribution in [-0.4, -0.2) is 45.2 Å². The molecule has 5 rings (SSSR count). The van der Waals surface area contributed by atoms with Gasteiger partial charge in [-0.15, -0.1) is 0 Å². The van der Waals surface area contributed by atoms with Crippen molar-refractivity contribution in [1.29, 1.82) is 5.26 Å². The van der Waals surface area contributed by atoms with Crippen molar-refractivity contribution in [3.63, 3.8) is 0 Å². The number of anilines is 1. The minimum Gasteiger partial charge on any atom is -0.480 e. The molecule has 13 heteroatoms. The molecule has 0 N–H and O–H groups in total. The van der Waals surface area contributed by atoms with Crippen LogP contribution in [0.4, 0.5) is 19.0 Å². The Balaban J connectivity index is 1.91. The van der Waals surface area contributed by atoms with Gasteiger partial charge >= 0.3 is 5.69 Å². The zero-order valence-electron chi connectivity index (χ0n) is 19.1. The molecule has 0 spiro atoms. The fourth-order valence-electron chi connectivity index (χ4n) is 4.23. The third-order valence-corrected chi connectivity index (χ3v) is 6.24. The lowest BCUT2D eigenvalue weighted by atomic mass is 10.2. The Morgan fingerprint density at radius 1 is 1.14 bits per heavy atom. The normalized spacial score (nSPS) is 14.6. The Labute approximate surface area is 211 Å². The van der Waals surface area contributed by atoms with Gasteiger partial charge in [-0.2, -0.15) is 10.2 Å². The highest BCUT2D eigenvalue weighted by molar-refractivity contribution is 6.30. The van der Waals surface area contributed by atoms with Crippen molar-refractivity contribution in [1.82, 2.24) is 19.1 Å². The van der Waals surface area contributed by atoms with Gasteiger partial charge in [-0.3, -0.25) is 14.3 Å². The SMILES string of the molecule is COc1nc(N2CCC(F)(F)C2)cc2c1c(=O)n(-c1cncc(C#N)c1)c(=O)n2-c1ccc(F)c(Cl)c1. The molecule has 1 aromatic carbocycles. The van der Waals surface area contributed by atoms with Gasteiger partial charge in [0.05, 0.1) is 47.3 Å². The molecule has 1 aliphatic rings. The first-order valence-electron chi connectivity index (χ1n) is 10.8. The van der Waals surface area contributed by atoms with Crippen molar-refractivity contribution in [3.05, 3.63) is 80.0 Å². The van der Waals surface area contributed by atoms with Gasteiger partial charge in [0, 0.05) is 25.2 Å². The molecule has 37 heavy (non-hydrogen) atoms. The molecule has 1 fully saturated rings. The number of alkyl halides is 2. The number of nitriles is 1. The van der Waals surface area contributed by atoms with Gasteiger partial charge < -0.3 is 9.64 Å². The van der Waals surface area contributed by atoms with Crippen LogP contribution in [0.3, 0.4) is 0 Å². The topological polar surface area (TPSA) is 106 Å². The van der Waals surface area contributed by atoms with E-state index >= 15 is 0 Å². The quantitative estimate of drug-likeness (QED) is 0.399. The summed E-state index contributed by atoms with van der Waals surface area (Å²) in [5.74, 6) is -3.82. The minimum atomic E-state index is -2.93. The van der Waals surface area contributed by atoms with E-state index in [1.165, 1.54) is 48.7 Å². The number of ether oxygens (including phenoxy) is 1. The Morgan fingerprint density at radius 2 is 1.92 bits per heavy atom. The summed E-state index contributed by atoms with van der Waals surface area (Å²) in [5, 5.41) is 8.82. The van der Waals surface area contributed by atoms with Crippen molar-refractivity contribution in [2.45, 2.75) is 12.3 Å². The average molecular weight is 529 g/mol. The second kappa shape index (κ2) is 8.94. The first-order valence-corrected chi connectivity index (χ1v) is 11.2. The number of pyridine rings is 2. The van der Waals surface area contributed by atoms with Gasteiger partial charge in [0.25, 0.3) is 11.5 Å². The molecular formula is C24H16ClF3N6O3. The van der Waals surface area contributed by atoms with Crippen molar-refractivity contribution < 1.29 is 17.9 Å². The maximum atomic E-state index is 14.0. The molecule has 3 aromatic heterocycles. The molecule has 9 nitrogen and oxygen atoms in total. The van der Waals surface area contributed by atoms with E-state index < -0.39 is 29.5 Å². The van der Waals surface area contributed by atoms with Crippen LogP contribution in [0.25, 0.3) is 22.3 Å². The molecule has 0 aliphatic carbocycles. The van der Waals surface area contributed by atoms with Gasteiger partial charge in [0.15, 0.2) is 0 Å². The molecule has 4 aromatic rings. The lowest BCUT2D eigenvalue weighted by molar-refractivity contribution is 0.0256. The van der Waals surface area contributed by atoms with E-state index in [2.05, 4.69) is 9.97 Å². The largest absolute Gasteiger partial charge is 0.480 e. The van der Waals surface area contributed by atoms with Gasteiger partial charge in [-0.25, -0.2) is 22.5 Å². The Hall–Kier alpha value is -4.37. The number of hydrogen-bond donors (Lipinski definition) is 0. The monoisotopic (exact) mass is 528 g/mol. The van der Waals surface area contributed by atoms with Crippen molar-refractivity contribution in [2.24, 2.45) is 0 Å². The fourth-order valence-corrected chi connectivity index (χ4v) is 4.40. The summed E-state index contributed by atoms with van der Waals surface area (Å²) < 4.78 is 49.0. The number of halogens is 4. The predicted octanol–water partition coefficient (Wildman–Crippen LogP) is 3.45. The maximum Gasteiger partial charge on any atom is 0.340 e. The number of benzene rings is 1. The first kappa shape index (κ1) is 24.3. The number of aromatic nitrogens is 4. The van der Waals surface area contributed by atoms with E-state index in [0.29, 0.717) is 0 Å². The van der Waals surface area contributed by atoms with Crippen molar-refractivity contribution in [3.8, 4) is 23.3 Å². The Kier molecular flexibility index (Phi) is 5.88. The Bertz CT molecular complexity index is 1730. The molecule has 1 saturated heterocycles. The molecule has 4 heterocycles. The van der Waals surface area contributed by atoms with E-state index in [1.54, 1.807) is 0 Å². The molecular weight excluding hydrogens is 513 g/mol. The minimum absolute atomic E-state index is 0.00897. The van der Waals surface area contributed by atoms with E-state index in [9.17, 15) is 28.0 Å². The van der Waals surface area contributed by atoms with Crippen LogP contribution in [0.15, 0.2) is 52.3 Å². The molecule has 0 bridgehead atoms. The van der Waals surface area contributed by atoms with Gasteiger partial charge in [0.1, 0.15) is 23.1 Å². The van der Waals surface area contributed by atoms with E-state index in [-0.39, 0.29) is 57.5 Å². The Morgan fingerprint density at radius 3 is 2.57 bits per heavy atom. The maximum absolute atomic E-state index is 14.0. The summed E-state index contributed by atoms with van der Waals surface area (Å²) in [6.07, 6.45) is 2.09. The fraction of sp³-hybridized carbons (Fsp3) is 0.208. The zero-order chi connectivity index (χ0) is 26.5. The second-order valence-corrected chi connectivity index (χ2v) is 8.72. The standard InChI is InChI=1S/C24H16ClF3N6O3/c1-37-21-20-18(8-19(31-21)32-5-4-24(27,28)12-32)33(14-2-3-17(26)16(25)7-14)23(36)34(22(20)35)15-6-13(9-29)10-30-11-15/h2-3,6-8,10-11H,4-5,12H2,1H3. The van der Waals surface area contributed by atoms with Crippen LogP contribution in [-0.2, 0) is 0 Å². The highest BCUT2D eigenvalue weighted by Crippen LogP contribution is 2.33. The summed E-state index contributed by atoms with van der Waals surface area (Å²) in [5.41, 5.74) is -1.59.